The van der Waals surface area contributed by atoms with Crippen molar-refractivity contribution >= 4 is 24.2 Å². The summed E-state index contributed by atoms with van der Waals surface area (Å²) in [6.45, 7) is 11.4. The Hall–Kier alpha value is -3.34. The summed E-state index contributed by atoms with van der Waals surface area (Å²) in [5.41, 5.74) is 4.73. The molecule has 11 nitrogen and oxygen atoms in total. The third-order valence-corrected chi connectivity index (χ3v) is 4.44. The molecule has 11 heteroatoms. The van der Waals surface area contributed by atoms with Gasteiger partial charge in [0.25, 0.3) is 0 Å². The van der Waals surface area contributed by atoms with Crippen LogP contribution in [0.1, 0.15) is 60.5 Å². The van der Waals surface area contributed by atoms with Gasteiger partial charge >= 0.3 is 24.2 Å². The summed E-state index contributed by atoms with van der Waals surface area (Å²) >= 11 is 0. The van der Waals surface area contributed by atoms with Gasteiger partial charge in [-0.15, -0.1) is 0 Å². The van der Waals surface area contributed by atoms with Gasteiger partial charge in [0.05, 0.1) is 18.1 Å². The molecule has 0 aromatic heterocycles. The van der Waals surface area contributed by atoms with E-state index in [1.807, 2.05) is 0 Å². The smallest absolute Gasteiger partial charge is 0.480 e. The molecule has 2 atom stereocenters. The van der Waals surface area contributed by atoms with Crippen LogP contribution < -0.4 is 15.2 Å². The molecule has 196 valence electrons. The number of aliphatic carboxylic acids is 1. The maximum atomic E-state index is 12.1. The number of nitrogens with two attached hydrogens (primary N) is 1. The summed E-state index contributed by atoms with van der Waals surface area (Å²) in [5, 5.41) is 9.80. The zero-order chi connectivity index (χ0) is 26.9. The minimum atomic E-state index is -1.81. The molecule has 0 aliphatic carbocycles. The van der Waals surface area contributed by atoms with Crippen LogP contribution in [0.15, 0.2) is 18.2 Å². The summed E-state index contributed by atoms with van der Waals surface area (Å²) in [5.74, 6) is -2.50. The highest BCUT2D eigenvalue weighted by Gasteiger charge is 2.37. The molecule has 0 radical (unpaired) electrons. The van der Waals surface area contributed by atoms with Crippen molar-refractivity contribution in [3.63, 3.8) is 0 Å². The number of hydrogen-bond acceptors (Lipinski definition) is 10. The third kappa shape index (κ3) is 10.2. The van der Waals surface area contributed by atoms with Crippen molar-refractivity contribution in [3.8, 4) is 11.5 Å². The van der Waals surface area contributed by atoms with Crippen LogP contribution in [-0.2, 0) is 30.2 Å². The van der Waals surface area contributed by atoms with Gasteiger partial charge in [-0.05, 0) is 52.3 Å². The lowest BCUT2D eigenvalue weighted by Crippen LogP contribution is -2.52. The second-order valence-corrected chi connectivity index (χ2v) is 9.06. The number of esters is 1. The van der Waals surface area contributed by atoms with Crippen LogP contribution in [0, 0.1) is 5.92 Å². The van der Waals surface area contributed by atoms with Crippen LogP contribution in [0.4, 0.5) is 9.59 Å². The number of carboxylic acid groups (broad SMARTS) is 1. The molecule has 0 amide bonds. The Balaban J connectivity index is 3.21. The molecule has 1 aromatic carbocycles. The summed E-state index contributed by atoms with van der Waals surface area (Å²) < 4.78 is 25.5. The van der Waals surface area contributed by atoms with Crippen molar-refractivity contribution < 1.29 is 48.0 Å². The predicted octanol–water partition coefficient (Wildman–Crippen LogP) is 3.84. The van der Waals surface area contributed by atoms with E-state index < -0.39 is 48.1 Å². The summed E-state index contributed by atoms with van der Waals surface area (Å²) in [7, 11) is 0. The molecule has 0 saturated heterocycles. The standard InChI is InChI=1S/C24H35NO10/c1-13(2)20(26)33-16(7)11-24(25,21(27)28)12-17-8-9-18(34-22(29)31-14(3)4)19(10-17)35-23(30)32-15(5)6/h8-10,13-16H,11-12,25H2,1-7H3,(H,27,28)/t16-,24?/m0/s1. The number of carbonyl (C=O) groups excluding carboxylic acids is 3. The van der Waals surface area contributed by atoms with E-state index in [1.165, 1.54) is 18.2 Å². The van der Waals surface area contributed by atoms with Crippen LogP contribution in [-0.4, -0.2) is 53.2 Å². The Morgan fingerprint density at radius 2 is 1.37 bits per heavy atom. The van der Waals surface area contributed by atoms with E-state index in [1.54, 1.807) is 48.5 Å². The molecule has 0 aliphatic heterocycles. The van der Waals surface area contributed by atoms with E-state index in [9.17, 15) is 24.3 Å². The van der Waals surface area contributed by atoms with Crippen molar-refractivity contribution in [1.29, 1.82) is 0 Å². The summed E-state index contributed by atoms with van der Waals surface area (Å²) in [6, 6.07) is 4.10. The van der Waals surface area contributed by atoms with Gasteiger partial charge in [0.1, 0.15) is 11.6 Å². The molecule has 1 rings (SSSR count). The van der Waals surface area contributed by atoms with Gasteiger partial charge in [-0.1, -0.05) is 19.9 Å². The van der Waals surface area contributed by atoms with Crippen LogP contribution in [0.2, 0.25) is 0 Å². The Bertz CT molecular complexity index is 912. The molecule has 35 heavy (non-hydrogen) atoms. The zero-order valence-electron chi connectivity index (χ0n) is 21.2. The normalized spacial score (nSPS) is 13.7. The molecule has 3 N–H and O–H groups in total. The van der Waals surface area contributed by atoms with E-state index in [-0.39, 0.29) is 30.3 Å². The van der Waals surface area contributed by atoms with Crippen LogP contribution in [0.5, 0.6) is 11.5 Å². The third-order valence-electron chi connectivity index (χ3n) is 4.44. The molecular weight excluding hydrogens is 462 g/mol. The lowest BCUT2D eigenvalue weighted by molar-refractivity contribution is -0.156. The summed E-state index contributed by atoms with van der Waals surface area (Å²) in [4.78, 5) is 47.9. The lowest BCUT2D eigenvalue weighted by atomic mass is 9.86. The fraction of sp³-hybridized carbons (Fsp3) is 0.583. The SMILES string of the molecule is CC(C)OC(=O)Oc1ccc(CC(N)(C[C@H](C)OC(=O)C(C)C)C(=O)O)cc1OC(=O)OC(C)C. The number of carboxylic acids is 1. The van der Waals surface area contributed by atoms with Gasteiger partial charge in [0.15, 0.2) is 11.5 Å². The fourth-order valence-electron chi connectivity index (χ4n) is 2.93. The van der Waals surface area contributed by atoms with Gasteiger partial charge in [0, 0.05) is 12.8 Å². The van der Waals surface area contributed by atoms with Gasteiger partial charge in [-0.25, -0.2) is 9.59 Å². The average molecular weight is 498 g/mol. The molecule has 0 aliphatic rings. The topological polar surface area (TPSA) is 161 Å². The van der Waals surface area contributed by atoms with Crippen molar-refractivity contribution in [2.75, 3.05) is 0 Å². The number of rotatable bonds is 11. The van der Waals surface area contributed by atoms with Crippen molar-refractivity contribution in [2.24, 2.45) is 11.7 Å². The predicted molar refractivity (Wildman–Crippen MR) is 124 cm³/mol. The number of ether oxygens (including phenoxy) is 5. The van der Waals surface area contributed by atoms with Crippen molar-refractivity contribution in [1.82, 2.24) is 0 Å². The Morgan fingerprint density at radius 1 is 0.857 bits per heavy atom. The first kappa shape index (κ1) is 29.7. The molecule has 0 spiro atoms. The number of benzene rings is 1. The highest BCUT2D eigenvalue weighted by molar-refractivity contribution is 5.79. The molecular formula is C24H35NO10. The largest absolute Gasteiger partial charge is 0.514 e. The second kappa shape index (κ2) is 12.9. The second-order valence-electron chi connectivity index (χ2n) is 9.06. The number of carbonyl (C=O) groups is 4. The fourth-order valence-corrected chi connectivity index (χ4v) is 2.93. The van der Waals surface area contributed by atoms with Crippen molar-refractivity contribution in [2.45, 2.75) is 85.2 Å². The zero-order valence-corrected chi connectivity index (χ0v) is 21.2. The first-order chi connectivity index (χ1) is 16.1. The van der Waals surface area contributed by atoms with Gasteiger partial charge in [0.2, 0.25) is 0 Å². The highest BCUT2D eigenvalue weighted by Crippen LogP contribution is 2.31. The Labute approximate surface area is 204 Å². The van der Waals surface area contributed by atoms with E-state index in [2.05, 4.69) is 0 Å². The van der Waals surface area contributed by atoms with Crippen LogP contribution in [0.3, 0.4) is 0 Å². The van der Waals surface area contributed by atoms with E-state index in [4.69, 9.17) is 29.4 Å². The molecule has 1 unspecified atom stereocenters. The van der Waals surface area contributed by atoms with Crippen LogP contribution in [0.25, 0.3) is 0 Å². The minimum absolute atomic E-state index is 0.141. The monoisotopic (exact) mass is 497 g/mol. The quantitative estimate of drug-likeness (QED) is 0.260. The number of hydrogen-bond donors (Lipinski definition) is 2. The van der Waals surface area contributed by atoms with Gasteiger partial charge in [-0.3, -0.25) is 9.59 Å². The van der Waals surface area contributed by atoms with Crippen molar-refractivity contribution in [3.05, 3.63) is 23.8 Å². The molecule has 1 aromatic rings. The maximum absolute atomic E-state index is 12.1. The minimum Gasteiger partial charge on any atom is -0.480 e. The van der Waals surface area contributed by atoms with E-state index in [0.717, 1.165) is 0 Å². The van der Waals surface area contributed by atoms with E-state index in [0.29, 0.717) is 5.56 Å². The molecule has 0 bridgehead atoms. The average Bonchev–Trinajstić information content (AvgIpc) is 2.68. The van der Waals surface area contributed by atoms with Gasteiger partial charge < -0.3 is 34.5 Å². The Kier molecular flexibility index (Phi) is 11.0. The first-order valence-corrected chi connectivity index (χ1v) is 11.3. The van der Waals surface area contributed by atoms with Gasteiger partial charge in [-0.2, -0.15) is 0 Å². The molecule has 0 fully saturated rings. The summed E-state index contributed by atoms with van der Waals surface area (Å²) in [6.07, 6.45) is -4.14. The first-order valence-electron chi connectivity index (χ1n) is 11.3. The highest BCUT2D eigenvalue weighted by atomic mass is 16.7. The maximum Gasteiger partial charge on any atom is 0.514 e. The lowest BCUT2D eigenvalue weighted by Gasteiger charge is -2.28. The van der Waals surface area contributed by atoms with Crippen LogP contribution >= 0.6 is 0 Å². The Morgan fingerprint density at radius 3 is 1.83 bits per heavy atom. The van der Waals surface area contributed by atoms with E-state index >= 15 is 0 Å². The molecule has 0 heterocycles. The molecule has 0 saturated carbocycles.